The van der Waals surface area contributed by atoms with Crippen molar-refractivity contribution >= 4 is 11.7 Å². The minimum absolute atomic E-state index is 0.0459. The minimum Gasteiger partial charge on any atom is -0.497 e. The molecule has 0 saturated carbocycles. The largest absolute Gasteiger partial charge is 0.497 e. The summed E-state index contributed by atoms with van der Waals surface area (Å²) < 4.78 is 18.6. The molecular formula is C14H13FN2O3. The molecule has 20 heavy (non-hydrogen) atoms. The molecule has 0 bridgehead atoms. The third kappa shape index (κ3) is 3.23. The topological polar surface area (TPSA) is 71.5 Å². The van der Waals surface area contributed by atoms with Crippen molar-refractivity contribution in [3.8, 4) is 5.75 Å². The van der Waals surface area contributed by atoms with E-state index in [2.05, 4.69) is 10.3 Å². The summed E-state index contributed by atoms with van der Waals surface area (Å²) >= 11 is 0. The van der Waals surface area contributed by atoms with Gasteiger partial charge < -0.3 is 15.2 Å². The van der Waals surface area contributed by atoms with Gasteiger partial charge in [0.25, 0.3) is 0 Å². The molecule has 0 amide bonds. The molecule has 1 heterocycles. The summed E-state index contributed by atoms with van der Waals surface area (Å²) in [5.41, 5.74) is 0.731. The maximum atomic E-state index is 13.6. The van der Waals surface area contributed by atoms with Gasteiger partial charge in [-0.3, -0.25) is 0 Å². The number of benzene rings is 1. The van der Waals surface area contributed by atoms with Gasteiger partial charge in [0.2, 0.25) is 0 Å². The van der Waals surface area contributed by atoms with Crippen LogP contribution in [0.4, 0.5) is 10.1 Å². The number of carboxylic acid groups (broad SMARTS) is 1. The van der Waals surface area contributed by atoms with E-state index in [1.165, 1.54) is 31.4 Å². The van der Waals surface area contributed by atoms with E-state index in [9.17, 15) is 9.18 Å². The summed E-state index contributed by atoms with van der Waals surface area (Å²) in [7, 11) is 1.49. The van der Waals surface area contributed by atoms with Crippen LogP contribution in [0.5, 0.6) is 5.75 Å². The number of hydrogen-bond acceptors (Lipinski definition) is 4. The molecule has 0 fully saturated rings. The molecule has 0 aliphatic heterocycles. The Balaban J connectivity index is 2.12. The van der Waals surface area contributed by atoms with Crippen LogP contribution in [0.2, 0.25) is 0 Å². The Morgan fingerprint density at radius 2 is 2.20 bits per heavy atom. The van der Waals surface area contributed by atoms with Crippen LogP contribution in [0.15, 0.2) is 36.4 Å². The smallest absolute Gasteiger partial charge is 0.354 e. The van der Waals surface area contributed by atoms with Crippen LogP contribution in [0.25, 0.3) is 0 Å². The fourth-order valence-corrected chi connectivity index (χ4v) is 1.65. The number of nitrogens with zero attached hydrogens (tertiary/aromatic N) is 1. The first-order chi connectivity index (χ1) is 9.60. The van der Waals surface area contributed by atoms with Crippen molar-refractivity contribution in [1.82, 2.24) is 4.98 Å². The fourth-order valence-electron chi connectivity index (χ4n) is 1.65. The van der Waals surface area contributed by atoms with Gasteiger partial charge in [-0.1, -0.05) is 6.07 Å². The van der Waals surface area contributed by atoms with Crippen LogP contribution in [0, 0.1) is 5.82 Å². The van der Waals surface area contributed by atoms with Gasteiger partial charge in [0.05, 0.1) is 25.0 Å². The third-order valence-electron chi connectivity index (χ3n) is 2.66. The Morgan fingerprint density at radius 1 is 1.40 bits per heavy atom. The van der Waals surface area contributed by atoms with Gasteiger partial charge in [-0.25, -0.2) is 14.2 Å². The zero-order chi connectivity index (χ0) is 14.5. The molecule has 0 unspecified atom stereocenters. The molecule has 2 N–H and O–H groups in total. The molecule has 6 heteroatoms. The van der Waals surface area contributed by atoms with Crippen molar-refractivity contribution in [1.29, 1.82) is 0 Å². The Kier molecular flexibility index (Phi) is 4.14. The molecule has 1 aromatic heterocycles. The first kappa shape index (κ1) is 13.8. The number of methoxy groups -OCH3 is 1. The van der Waals surface area contributed by atoms with Crippen LogP contribution < -0.4 is 10.1 Å². The summed E-state index contributed by atoms with van der Waals surface area (Å²) in [5.74, 6) is -0.985. The van der Waals surface area contributed by atoms with Gasteiger partial charge in [0, 0.05) is 6.07 Å². The van der Waals surface area contributed by atoms with Gasteiger partial charge in [-0.15, -0.1) is 0 Å². The molecule has 0 atom stereocenters. The molecule has 2 aromatic rings. The Hall–Kier alpha value is -2.63. The van der Waals surface area contributed by atoms with E-state index < -0.39 is 11.8 Å². The first-order valence-corrected chi connectivity index (χ1v) is 5.87. The molecule has 0 saturated heterocycles. The summed E-state index contributed by atoms with van der Waals surface area (Å²) in [6.07, 6.45) is 0. The molecule has 104 valence electrons. The fraction of sp³-hybridized carbons (Fsp3) is 0.143. The lowest BCUT2D eigenvalue weighted by Crippen LogP contribution is -2.07. The summed E-state index contributed by atoms with van der Waals surface area (Å²) in [6, 6.07) is 8.99. The highest BCUT2D eigenvalue weighted by Gasteiger charge is 2.07. The van der Waals surface area contributed by atoms with Crippen molar-refractivity contribution < 1.29 is 19.0 Å². The van der Waals surface area contributed by atoms with E-state index in [0.29, 0.717) is 11.4 Å². The molecule has 0 spiro atoms. The predicted molar refractivity (Wildman–Crippen MR) is 71.5 cm³/mol. The lowest BCUT2D eigenvalue weighted by molar-refractivity contribution is 0.0690. The van der Waals surface area contributed by atoms with E-state index in [1.807, 2.05) is 0 Å². The second kappa shape index (κ2) is 6.01. The van der Waals surface area contributed by atoms with Crippen molar-refractivity contribution in [2.45, 2.75) is 6.54 Å². The summed E-state index contributed by atoms with van der Waals surface area (Å²) in [5, 5.41) is 11.7. The highest BCUT2D eigenvalue weighted by Crippen LogP contribution is 2.21. The molecule has 0 aliphatic carbocycles. The molecule has 0 aliphatic rings. The number of carboxylic acids is 1. The van der Waals surface area contributed by atoms with Gasteiger partial charge in [-0.2, -0.15) is 0 Å². The maximum absolute atomic E-state index is 13.6. The van der Waals surface area contributed by atoms with E-state index in [-0.39, 0.29) is 17.9 Å². The average molecular weight is 276 g/mol. The Morgan fingerprint density at radius 3 is 2.90 bits per heavy atom. The molecular weight excluding hydrogens is 263 g/mol. The van der Waals surface area contributed by atoms with E-state index in [0.717, 1.165) is 0 Å². The highest BCUT2D eigenvalue weighted by molar-refractivity contribution is 5.85. The average Bonchev–Trinajstić information content (AvgIpc) is 2.46. The van der Waals surface area contributed by atoms with Crippen LogP contribution >= 0.6 is 0 Å². The van der Waals surface area contributed by atoms with Crippen LogP contribution in [-0.2, 0) is 6.54 Å². The normalized spacial score (nSPS) is 10.1. The van der Waals surface area contributed by atoms with E-state index in [1.54, 1.807) is 12.1 Å². The molecule has 0 radical (unpaired) electrons. The van der Waals surface area contributed by atoms with E-state index >= 15 is 0 Å². The second-order valence-corrected chi connectivity index (χ2v) is 4.02. The van der Waals surface area contributed by atoms with Crippen LogP contribution in [-0.4, -0.2) is 23.2 Å². The van der Waals surface area contributed by atoms with Gasteiger partial charge in [-0.05, 0) is 24.3 Å². The number of nitrogens with one attached hydrogen (secondary N) is 1. The molecule has 1 aromatic carbocycles. The van der Waals surface area contributed by atoms with Crippen LogP contribution in [0.3, 0.4) is 0 Å². The van der Waals surface area contributed by atoms with Crippen molar-refractivity contribution in [2.75, 3.05) is 12.4 Å². The number of ether oxygens (including phenoxy) is 1. The zero-order valence-electron chi connectivity index (χ0n) is 10.8. The predicted octanol–water partition coefficient (Wildman–Crippen LogP) is 2.54. The monoisotopic (exact) mass is 276 g/mol. The number of carbonyl (C=O) groups is 1. The van der Waals surface area contributed by atoms with Gasteiger partial charge >= 0.3 is 5.97 Å². The summed E-state index contributed by atoms with van der Waals surface area (Å²) in [4.78, 5) is 14.7. The number of aromatic carboxylic acids is 1. The third-order valence-corrected chi connectivity index (χ3v) is 2.66. The number of halogens is 1. The second-order valence-electron chi connectivity index (χ2n) is 4.02. The van der Waals surface area contributed by atoms with Gasteiger partial charge in [0.1, 0.15) is 17.3 Å². The van der Waals surface area contributed by atoms with Crippen LogP contribution in [0.1, 0.15) is 16.2 Å². The highest BCUT2D eigenvalue weighted by atomic mass is 19.1. The summed E-state index contributed by atoms with van der Waals surface area (Å²) in [6.45, 7) is 0.213. The number of pyridine rings is 1. The number of hydrogen-bond donors (Lipinski definition) is 2. The zero-order valence-corrected chi connectivity index (χ0v) is 10.8. The lowest BCUT2D eigenvalue weighted by Gasteiger charge is -2.09. The molecule has 5 nitrogen and oxygen atoms in total. The first-order valence-electron chi connectivity index (χ1n) is 5.87. The number of anilines is 1. The van der Waals surface area contributed by atoms with Gasteiger partial charge in [0.15, 0.2) is 0 Å². The maximum Gasteiger partial charge on any atom is 0.354 e. The van der Waals surface area contributed by atoms with Crippen molar-refractivity contribution in [2.24, 2.45) is 0 Å². The Labute approximate surface area is 115 Å². The lowest BCUT2D eigenvalue weighted by atomic mass is 10.2. The standard InChI is InChI=1S/C14H13FN2O3/c1-20-10-5-6-11(15)13(7-10)16-8-9-3-2-4-12(17-9)14(18)19/h2-7,16H,8H2,1H3,(H,18,19). The van der Waals surface area contributed by atoms with Crippen molar-refractivity contribution in [3.05, 3.63) is 53.6 Å². The minimum atomic E-state index is -1.10. The van der Waals surface area contributed by atoms with Crippen molar-refractivity contribution in [3.63, 3.8) is 0 Å². The number of rotatable bonds is 5. The quantitative estimate of drug-likeness (QED) is 0.878. The Bertz CT molecular complexity index is 632. The number of aromatic nitrogens is 1. The SMILES string of the molecule is COc1ccc(F)c(NCc2cccc(C(=O)O)n2)c1. The van der Waals surface area contributed by atoms with E-state index in [4.69, 9.17) is 9.84 Å². The molecule has 2 rings (SSSR count).